The summed E-state index contributed by atoms with van der Waals surface area (Å²) in [6.07, 6.45) is 3.34. The van der Waals surface area contributed by atoms with Gasteiger partial charge >= 0.3 is 0 Å². The maximum atomic E-state index is 10.3. The van der Waals surface area contributed by atoms with Crippen LogP contribution in [0.25, 0.3) is 23.3 Å². The lowest BCUT2D eigenvalue weighted by molar-refractivity contribution is 0.473. The molecule has 1 aliphatic rings. The Labute approximate surface area is 182 Å². The van der Waals surface area contributed by atoms with E-state index in [1.165, 1.54) is 11.1 Å². The molecule has 1 aliphatic carbocycles. The van der Waals surface area contributed by atoms with Crippen molar-refractivity contribution >= 4 is 12.2 Å². The third kappa shape index (κ3) is 2.58. The van der Waals surface area contributed by atoms with Crippen molar-refractivity contribution in [1.29, 1.82) is 0 Å². The lowest BCUT2D eigenvalue weighted by atomic mass is 9.67. The van der Waals surface area contributed by atoms with Gasteiger partial charge in [-0.1, -0.05) is 86.0 Å². The molecule has 2 N–H and O–H groups in total. The van der Waals surface area contributed by atoms with Crippen molar-refractivity contribution in [1.82, 2.24) is 0 Å². The van der Waals surface area contributed by atoms with Crippen molar-refractivity contribution in [3.05, 3.63) is 131 Å². The van der Waals surface area contributed by atoms with Gasteiger partial charge in [0, 0.05) is 11.1 Å². The standard InChI is InChI=1S/C29H22O2/c1-3-19-17-21(13-15-27(19)30)29(22-14-16-28(31)20(4-2)18-22)25-11-7-5-9-23(25)24-10-6-8-12-26(24)29/h3-18,30-31H,1-2H2. The largest absolute Gasteiger partial charge is 0.507 e. The number of hydrogen-bond acceptors (Lipinski definition) is 2. The van der Waals surface area contributed by atoms with Crippen LogP contribution in [0.1, 0.15) is 33.4 Å². The fraction of sp³-hybridized carbons (Fsp3) is 0.0345. The van der Waals surface area contributed by atoms with Gasteiger partial charge in [0.05, 0.1) is 5.41 Å². The van der Waals surface area contributed by atoms with E-state index in [-0.39, 0.29) is 11.5 Å². The summed E-state index contributed by atoms with van der Waals surface area (Å²) in [6.45, 7) is 7.75. The van der Waals surface area contributed by atoms with Crippen LogP contribution in [0.5, 0.6) is 11.5 Å². The van der Waals surface area contributed by atoms with Gasteiger partial charge in [-0.2, -0.15) is 0 Å². The molecule has 0 saturated carbocycles. The van der Waals surface area contributed by atoms with Crippen molar-refractivity contribution in [2.24, 2.45) is 0 Å². The van der Waals surface area contributed by atoms with Crippen LogP contribution in [0, 0.1) is 0 Å². The van der Waals surface area contributed by atoms with E-state index in [1.54, 1.807) is 24.3 Å². The summed E-state index contributed by atoms with van der Waals surface area (Å²) in [4.78, 5) is 0. The molecule has 0 fully saturated rings. The highest BCUT2D eigenvalue weighted by molar-refractivity contribution is 5.86. The van der Waals surface area contributed by atoms with E-state index in [0.29, 0.717) is 11.1 Å². The number of phenolic OH excluding ortho intramolecular Hbond substituents is 2. The summed E-state index contributed by atoms with van der Waals surface area (Å²) < 4.78 is 0. The fourth-order valence-electron chi connectivity index (χ4n) is 4.93. The van der Waals surface area contributed by atoms with Crippen LogP contribution in [-0.4, -0.2) is 10.2 Å². The van der Waals surface area contributed by atoms with Gasteiger partial charge in [0.15, 0.2) is 0 Å². The molecule has 2 heteroatoms. The first-order chi connectivity index (χ1) is 15.1. The average Bonchev–Trinajstić information content (AvgIpc) is 3.11. The normalized spacial score (nSPS) is 13.3. The van der Waals surface area contributed by atoms with Crippen molar-refractivity contribution in [3.8, 4) is 22.6 Å². The average molecular weight is 402 g/mol. The molecular formula is C29H22O2. The number of fused-ring (bicyclic) bond motifs is 3. The Kier molecular flexibility index (Phi) is 4.30. The molecule has 0 atom stereocenters. The third-order valence-corrected chi connectivity index (χ3v) is 6.31. The van der Waals surface area contributed by atoms with Crippen LogP contribution in [0.4, 0.5) is 0 Å². The second-order valence-corrected chi connectivity index (χ2v) is 7.80. The van der Waals surface area contributed by atoms with E-state index in [9.17, 15) is 10.2 Å². The molecule has 2 nitrogen and oxygen atoms in total. The first kappa shape index (κ1) is 19.0. The van der Waals surface area contributed by atoms with Crippen molar-refractivity contribution in [2.45, 2.75) is 5.41 Å². The summed E-state index contributed by atoms with van der Waals surface area (Å²) in [6, 6.07) is 28.3. The van der Waals surface area contributed by atoms with E-state index in [1.807, 2.05) is 24.3 Å². The molecule has 0 heterocycles. The smallest absolute Gasteiger partial charge is 0.122 e. The molecule has 31 heavy (non-hydrogen) atoms. The Morgan fingerprint density at radius 2 is 1.00 bits per heavy atom. The van der Waals surface area contributed by atoms with Gasteiger partial charge in [-0.3, -0.25) is 0 Å². The Morgan fingerprint density at radius 1 is 0.581 bits per heavy atom. The van der Waals surface area contributed by atoms with Gasteiger partial charge < -0.3 is 10.2 Å². The van der Waals surface area contributed by atoms with Gasteiger partial charge in [-0.15, -0.1) is 0 Å². The summed E-state index contributed by atoms with van der Waals surface area (Å²) in [5.41, 5.74) is 7.50. The van der Waals surface area contributed by atoms with E-state index in [4.69, 9.17) is 0 Å². The molecule has 4 aromatic rings. The number of phenols is 2. The van der Waals surface area contributed by atoms with E-state index in [0.717, 1.165) is 22.3 Å². The third-order valence-electron chi connectivity index (χ3n) is 6.31. The lowest BCUT2D eigenvalue weighted by Gasteiger charge is -2.34. The second-order valence-electron chi connectivity index (χ2n) is 7.80. The molecule has 4 aromatic carbocycles. The minimum absolute atomic E-state index is 0.200. The zero-order valence-corrected chi connectivity index (χ0v) is 17.0. The Balaban J connectivity index is 1.97. The SMILES string of the molecule is C=Cc1cc(C2(c3ccc(O)c(C=C)c3)c3ccccc3-c3ccccc32)ccc1O. The zero-order valence-electron chi connectivity index (χ0n) is 17.0. The van der Waals surface area contributed by atoms with Gasteiger partial charge in [0.2, 0.25) is 0 Å². The Morgan fingerprint density at radius 3 is 1.42 bits per heavy atom. The summed E-state index contributed by atoms with van der Waals surface area (Å²) in [7, 11) is 0. The molecule has 0 spiro atoms. The fourth-order valence-corrected chi connectivity index (χ4v) is 4.93. The van der Waals surface area contributed by atoms with Gasteiger partial charge in [-0.05, 0) is 57.6 Å². The molecule has 0 radical (unpaired) electrons. The van der Waals surface area contributed by atoms with E-state index >= 15 is 0 Å². The van der Waals surface area contributed by atoms with Crippen molar-refractivity contribution in [3.63, 3.8) is 0 Å². The highest BCUT2D eigenvalue weighted by Gasteiger charge is 2.46. The van der Waals surface area contributed by atoms with Crippen LogP contribution in [0.3, 0.4) is 0 Å². The Hall–Kier alpha value is -4.04. The lowest BCUT2D eigenvalue weighted by Crippen LogP contribution is -2.28. The summed E-state index contributed by atoms with van der Waals surface area (Å²) in [5, 5.41) is 20.6. The highest BCUT2D eigenvalue weighted by Crippen LogP contribution is 2.56. The molecule has 0 unspecified atom stereocenters. The second kappa shape index (κ2) is 7.03. The summed E-state index contributed by atoms with van der Waals surface area (Å²) in [5.74, 6) is 0.400. The molecule has 0 saturated heterocycles. The minimum Gasteiger partial charge on any atom is -0.507 e. The predicted molar refractivity (Wildman–Crippen MR) is 127 cm³/mol. The van der Waals surface area contributed by atoms with Crippen LogP contribution in [0.2, 0.25) is 0 Å². The number of benzene rings is 4. The van der Waals surface area contributed by atoms with Crippen molar-refractivity contribution in [2.75, 3.05) is 0 Å². The first-order valence-corrected chi connectivity index (χ1v) is 10.2. The monoisotopic (exact) mass is 402 g/mol. The van der Waals surface area contributed by atoms with E-state index in [2.05, 4.69) is 61.7 Å². The topological polar surface area (TPSA) is 40.5 Å². The van der Waals surface area contributed by atoms with Crippen molar-refractivity contribution < 1.29 is 10.2 Å². The minimum atomic E-state index is -0.607. The Bertz CT molecular complexity index is 1240. The molecular weight excluding hydrogens is 380 g/mol. The highest BCUT2D eigenvalue weighted by atomic mass is 16.3. The molecule has 5 rings (SSSR count). The van der Waals surface area contributed by atoms with Gasteiger partial charge in [-0.25, -0.2) is 0 Å². The van der Waals surface area contributed by atoms with Crippen LogP contribution in [0.15, 0.2) is 98.1 Å². The van der Waals surface area contributed by atoms with Crippen LogP contribution in [-0.2, 0) is 5.41 Å². The quantitative estimate of drug-likeness (QED) is 0.349. The van der Waals surface area contributed by atoms with Crippen LogP contribution >= 0.6 is 0 Å². The zero-order chi connectivity index (χ0) is 21.6. The molecule has 0 amide bonds. The van der Waals surface area contributed by atoms with Crippen LogP contribution < -0.4 is 0 Å². The van der Waals surface area contributed by atoms with E-state index < -0.39 is 5.41 Å². The molecule has 0 aromatic heterocycles. The summed E-state index contributed by atoms with van der Waals surface area (Å²) >= 11 is 0. The maximum Gasteiger partial charge on any atom is 0.122 e. The van der Waals surface area contributed by atoms with Gasteiger partial charge in [0.1, 0.15) is 11.5 Å². The number of aromatic hydroxyl groups is 2. The molecule has 0 bridgehead atoms. The number of rotatable bonds is 4. The molecule has 0 aliphatic heterocycles. The first-order valence-electron chi connectivity index (χ1n) is 10.2. The maximum absolute atomic E-state index is 10.3. The number of hydrogen-bond donors (Lipinski definition) is 2. The molecule has 150 valence electrons. The van der Waals surface area contributed by atoms with Gasteiger partial charge in [0.25, 0.3) is 0 Å². The predicted octanol–water partition coefficient (Wildman–Crippen LogP) is 6.75.